The summed E-state index contributed by atoms with van der Waals surface area (Å²) in [5.41, 5.74) is 0.535. The maximum atomic E-state index is 11.9. The molecular weight excluding hydrogens is 260 g/mol. The summed E-state index contributed by atoms with van der Waals surface area (Å²) in [6, 6.07) is 4.90. The normalized spacial score (nSPS) is 16.7. The number of hydrogen-bond acceptors (Lipinski definition) is 5. The quantitative estimate of drug-likeness (QED) is 0.891. The summed E-state index contributed by atoms with van der Waals surface area (Å²) >= 11 is 1.25. The Balaban J connectivity index is 2.50. The fourth-order valence-electron chi connectivity index (χ4n) is 1.46. The molecule has 1 heterocycles. The smallest absolute Gasteiger partial charge is 0.286 e. The first-order valence-corrected chi connectivity index (χ1v) is 7.66. The minimum absolute atomic E-state index is 0.154. The second-order valence-electron chi connectivity index (χ2n) is 3.29. The van der Waals surface area contributed by atoms with Gasteiger partial charge in [-0.25, -0.2) is 0 Å². The summed E-state index contributed by atoms with van der Waals surface area (Å²) < 4.78 is 32.7. The standard InChI is InChI=1S/C10H12N2O3S2/c1-3-15-7-4-5-8-9(6-7)17(13,14)12-10(11-8)16-2/h4-6H,3H2,1-2H3,(H,11,12). The molecule has 0 spiro atoms. The van der Waals surface area contributed by atoms with Gasteiger partial charge in [-0.15, -0.1) is 4.40 Å². The van der Waals surface area contributed by atoms with Crippen LogP contribution in [0.1, 0.15) is 6.92 Å². The van der Waals surface area contributed by atoms with Crippen molar-refractivity contribution in [3.05, 3.63) is 18.2 Å². The van der Waals surface area contributed by atoms with Crippen LogP contribution in [-0.2, 0) is 10.0 Å². The molecule has 7 heteroatoms. The van der Waals surface area contributed by atoms with E-state index in [1.165, 1.54) is 17.8 Å². The van der Waals surface area contributed by atoms with Crippen molar-refractivity contribution in [2.75, 3.05) is 18.2 Å². The highest BCUT2D eigenvalue weighted by Crippen LogP contribution is 2.32. The van der Waals surface area contributed by atoms with E-state index in [1.807, 2.05) is 6.92 Å². The monoisotopic (exact) mass is 272 g/mol. The van der Waals surface area contributed by atoms with Crippen molar-refractivity contribution in [1.82, 2.24) is 0 Å². The lowest BCUT2D eigenvalue weighted by molar-refractivity contribution is 0.339. The third-order valence-corrected chi connectivity index (χ3v) is 4.19. The van der Waals surface area contributed by atoms with Crippen LogP contribution in [0.2, 0.25) is 0 Å². The van der Waals surface area contributed by atoms with E-state index in [4.69, 9.17) is 4.74 Å². The minimum Gasteiger partial charge on any atom is -0.494 e. The molecule has 5 nitrogen and oxygen atoms in total. The molecule has 0 atom stereocenters. The predicted octanol–water partition coefficient (Wildman–Crippen LogP) is 1.92. The summed E-state index contributed by atoms with van der Waals surface area (Å²) in [7, 11) is -3.62. The zero-order valence-corrected chi connectivity index (χ0v) is 11.1. The van der Waals surface area contributed by atoms with Crippen LogP contribution in [0.15, 0.2) is 27.5 Å². The molecule has 0 unspecified atom stereocenters. The van der Waals surface area contributed by atoms with Crippen LogP contribution in [0.3, 0.4) is 0 Å². The number of rotatable bonds is 2. The van der Waals surface area contributed by atoms with Crippen molar-refractivity contribution in [2.45, 2.75) is 11.8 Å². The molecule has 0 aromatic heterocycles. The van der Waals surface area contributed by atoms with Crippen molar-refractivity contribution in [2.24, 2.45) is 4.40 Å². The highest BCUT2D eigenvalue weighted by molar-refractivity contribution is 8.14. The average molecular weight is 272 g/mol. The molecule has 0 fully saturated rings. The van der Waals surface area contributed by atoms with Gasteiger partial charge in [-0.3, -0.25) is 0 Å². The number of hydrogen-bond donors (Lipinski definition) is 1. The van der Waals surface area contributed by atoms with Crippen LogP contribution in [0, 0.1) is 0 Å². The number of benzene rings is 1. The second-order valence-corrected chi connectivity index (χ2v) is 5.66. The Labute approximate surface area is 104 Å². The van der Waals surface area contributed by atoms with E-state index in [0.717, 1.165) is 0 Å². The summed E-state index contributed by atoms with van der Waals surface area (Å²) in [6.45, 7) is 2.34. The molecule has 1 aliphatic rings. The van der Waals surface area contributed by atoms with Gasteiger partial charge in [-0.1, -0.05) is 11.8 Å². The SMILES string of the molecule is CCOc1ccc2c(c1)S(=O)(=O)N=C(SC)N2. The minimum atomic E-state index is -3.62. The van der Waals surface area contributed by atoms with Crippen LogP contribution in [0.25, 0.3) is 0 Å². The maximum Gasteiger partial charge on any atom is 0.286 e. The molecular formula is C10H12N2O3S2. The van der Waals surface area contributed by atoms with E-state index in [1.54, 1.807) is 18.4 Å². The lowest BCUT2D eigenvalue weighted by atomic mass is 10.3. The molecule has 2 rings (SSSR count). The second kappa shape index (κ2) is 4.58. The highest BCUT2D eigenvalue weighted by Gasteiger charge is 2.25. The topological polar surface area (TPSA) is 67.8 Å². The number of anilines is 1. The van der Waals surface area contributed by atoms with Gasteiger partial charge in [0.25, 0.3) is 10.0 Å². The molecule has 0 aliphatic carbocycles. The lowest BCUT2D eigenvalue weighted by Gasteiger charge is -2.17. The van der Waals surface area contributed by atoms with Gasteiger partial charge >= 0.3 is 0 Å². The van der Waals surface area contributed by atoms with Crippen molar-refractivity contribution in [1.29, 1.82) is 0 Å². The van der Waals surface area contributed by atoms with Crippen LogP contribution in [0.5, 0.6) is 5.75 Å². The first kappa shape index (κ1) is 12.3. The molecule has 17 heavy (non-hydrogen) atoms. The van der Waals surface area contributed by atoms with Gasteiger partial charge in [0.1, 0.15) is 10.6 Å². The summed E-state index contributed by atoms with van der Waals surface area (Å²) in [5, 5.41) is 3.33. The largest absolute Gasteiger partial charge is 0.494 e. The summed E-state index contributed by atoms with van der Waals surface area (Å²) in [6.07, 6.45) is 1.76. The molecule has 1 aromatic rings. The Morgan fingerprint density at radius 3 is 2.88 bits per heavy atom. The van der Waals surface area contributed by atoms with Crippen LogP contribution >= 0.6 is 11.8 Å². The van der Waals surface area contributed by atoms with Crippen molar-refractivity contribution in [3.8, 4) is 5.75 Å². The number of amidine groups is 1. The lowest BCUT2D eigenvalue weighted by Crippen LogP contribution is -2.18. The molecule has 0 radical (unpaired) electrons. The maximum absolute atomic E-state index is 11.9. The van der Waals surface area contributed by atoms with Gasteiger partial charge in [0.2, 0.25) is 0 Å². The van der Waals surface area contributed by atoms with E-state index >= 15 is 0 Å². The van der Waals surface area contributed by atoms with Crippen LogP contribution in [0.4, 0.5) is 5.69 Å². The molecule has 0 amide bonds. The third kappa shape index (κ3) is 2.39. The van der Waals surface area contributed by atoms with E-state index in [0.29, 0.717) is 23.2 Å². The number of nitrogens with one attached hydrogen (secondary N) is 1. The Morgan fingerprint density at radius 1 is 1.47 bits per heavy atom. The van der Waals surface area contributed by atoms with E-state index in [-0.39, 0.29) is 4.90 Å². The van der Waals surface area contributed by atoms with Gasteiger partial charge in [-0.05, 0) is 25.3 Å². The van der Waals surface area contributed by atoms with E-state index in [9.17, 15) is 8.42 Å². The number of fused-ring (bicyclic) bond motifs is 1. The van der Waals surface area contributed by atoms with Gasteiger partial charge in [0.15, 0.2) is 5.17 Å². The first-order chi connectivity index (χ1) is 8.06. The number of thioether (sulfide) groups is 1. The number of ether oxygens (including phenoxy) is 1. The molecule has 1 aliphatic heterocycles. The van der Waals surface area contributed by atoms with Crippen molar-refractivity contribution < 1.29 is 13.2 Å². The van der Waals surface area contributed by atoms with Gasteiger partial charge < -0.3 is 10.1 Å². The highest BCUT2D eigenvalue weighted by atomic mass is 32.2. The predicted molar refractivity (Wildman–Crippen MR) is 69.4 cm³/mol. The van der Waals surface area contributed by atoms with E-state index in [2.05, 4.69) is 9.71 Å². The fourth-order valence-corrected chi connectivity index (χ4v) is 3.29. The average Bonchev–Trinajstić information content (AvgIpc) is 2.29. The molecule has 92 valence electrons. The van der Waals surface area contributed by atoms with Crippen molar-refractivity contribution >= 4 is 32.6 Å². The van der Waals surface area contributed by atoms with Gasteiger partial charge in [-0.2, -0.15) is 8.42 Å². The zero-order chi connectivity index (χ0) is 12.5. The van der Waals surface area contributed by atoms with Gasteiger partial charge in [0, 0.05) is 6.07 Å². The van der Waals surface area contributed by atoms with Crippen LogP contribution < -0.4 is 10.1 Å². The van der Waals surface area contributed by atoms with Gasteiger partial charge in [0.05, 0.1) is 12.3 Å². The molecule has 0 saturated heterocycles. The summed E-state index contributed by atoms with van der Waals surface area (Å²) in [5.74, 6) is 0.527. The van der Waals surface area contributed by atoms with Crippen molar-refractivity contribution in [3.63, 3.8) is 0 Å². The fraction of sp³-hybridized carbons (Fsp3) is 0.300. The first-order valence-electron chi connectivity index (χ1n) is 4.99. The Bertz CT molecular complexity index is 567. The Hall–Kier alpha value is -1.21. The molecule has 0 bridgehead atoms. The summed E-state index contributed by atoms with van der Waals surface area (Å²) in [4.78, 5) is 0.154. The zero-order valence-electron chi connectivity index (χ0n) is 9.43. The Kier molecular flexibility index (Phi) is 3.30. The van der Waals surface area contributed by atoms with Crippen LogP contribution in [-0.4, -0.2) is 26.4 Å². The third-order valence-electron chi connectivity index (χ3n) is 2.18. The number of nitrogens with zero attached hydrogens (tertiary/aromatic N) is 1. The number of sulfonamides is 1. The molecule has 0 saturated carbocycles. The molecule has 1 N–H and O–H groups in total. The van der Waals surface area contributed by atoms with E-state index < -0.39 is 10.0 Å². The Morgan fingerprint density at radius 2 is 2.24 bits per heavy atom. The molecule has 1 aromatic carbocycles.